The highest BCUT2D eigenvalue weighted by atomic mass is 15.1. The van der Waals surface area contributed by atoms with Crippen molar-refractivity contribution in [2.45, 2.75) is 19.4 Å². The predicted octanol–water partition coefficient (Wildman–Crippen LogP) is 3.25. The summed E-state index contributed by atoms with van der Waals surface area (Å²) in [5.74, 6) is 0.403. The van der Waals surface area contributed by atoms with Gasteiger partial charge in [-0.15, -0.1) is 0 Å². The molecule has 0 bridgehead atoms. The van der Waals surface area contributed by atoms with Crippen LogP contribution in [-0.4, -0.2) is 24.5 Å². The molecule has 20 heavy (non-hydrogen) atoms. The normalized spacial score (nSPS) is 12.6. The molecule has 0 aliphatic carbocycles. The molecule has 0 aliphatic heterocycles. The monoisotopic (exact) mass is 268 g/mol. The molecule has 0 saturated heterocycles. The maximum atomic E-state index is 5.97. The minimum Gasteiger partial charge on any atom is -0.330 e. The van der Waals surface area contributed by atoms with Gasteiger partial charge in [-0.25, -0.2) is 0 Å². The van der Waals surface area contributed by atoms with Crippen LogP contribution >= 0.6 is 0 Å². The van der Waals surface area contributed by atoms with Crippen LogP contribution in [0, 0.1) is 0 Å². The highest BCUT2D eigenvalue weighted by molar-refractivity contribution is 5.20. The van der Waals surface area contributed by atoms with E-state index in [0.29, 0.717) is 12.5 Å². The van der Waals surface area contributed by atoms with Gasteiger partial charge < -0.3 is 5.73 Å². The molecule has 0 aromatic heterocycles. The van der Waals surface area contributed by atoms with Gasteiger partial charge in [-0.1, -0.05) is 67.6 Å². The van der Waals surface area contributed by atoms with E-state index in [1.165, 1.54) is 11.1 Å². The molecule has 2 aromatic rings. The zero-order valence-electron chi connectivity index (χ0n) is 12.2. The van der Waals surface area contributed by atoms with E-state index >= 15 is 0 Å². The zero-order valence-corrected chi connectivity index (χ0v) is 12.2. The fourth-order valence-electron chi connectivity index (χ4n) is 2.50. The van der Waals surface area contributed by atoms with Crippen molar-refractivity contribution in [1.82, 2.24) is 4.90 Å². The summed E-state index contributed by atoms with van der Waals surface area (Å²) < 4.78 is 0. The Morgan fingerprint density at radius 3 is 2.10 bits per heavy atom. The van der Waals surface area contributed by atoms with Crippen LogP contribution in [0.3, 0.4) is 0 Å². The van der Waals surface area contributed by atoms with Crippen molar-refractivity contribution in [3.8, 4) is 0 Å². The van der Waals surface area contributed by atoms with Crippen molar-refractivity contribution >= 4 is 0 Å². The lowest BCUT2D eigenvalue weighted by Gasteiger charge is -2.26. The average molecular weight is 268 g/mol. The lowest BCUT2D eigenvalue weighted by atomic mass is 9.98. The second-order valence-electron chi connectivity index (χ2n) is 5.16. The summed E-state index contributed by atoms with van der Waals surface area (Å²) in [7, 11) is 0. The second kappa shape index (κ2) is 7.83. The van der Waals surface area contributed by atoms with Crippen molar-refractivity contribution in [2.24, 2.45) is 5.73 Å². The van der Waals surface area contributed by atoms with Gasteiger partial charge in [-0.2, -0.15) is 0 Å². The summed E-state index contributed by atoms with van der Waals surface area (Å²) in [5, 5.41) is 0. The lowest BCUT2D eigenvalue weighted by molar-refractivity contribution is 0.262. The Kier molecular flexibility index (Phi) is 5.78. The maximum absolute atomic E-state index is 5.97. The maximum Gasteiger partial charge on any atom is 0.0233 e. The molecule has 0 saturated carbocycles. The highest BCUT2D eigenvalue weighted by Gasteiger charge is 2.13. The fourth-order valence-corrected chi connectivity index (χ4v) is 2.50. The number of nitrogens with two attached hydrogens (primary N) is 1. The smallest absolute Gasteiger partial charge is 0.0233 e. The summed E-state index contributed by atoms with van der Waals surface area (Å²) >= 11 is 0. The van der Waals surface area contributed by atoms with E-state index in [1.54, 1.807) is 0 Å². The molecule has 0 spiro atoms. The minimum absolute atomic E-state index is 0.403. The summed E-state index contributed by atoms with van der Waals surface area (Å²) in [4.78, 5) is 2.46. The van der Waals surface area contributed by atoms with Crippen molar-refractivity contribution in [3.63, 3.8) is 0 Å². The third kappa shape index (κ3) is 4.19. The van der Waals surface area contributed by atoms with Crippen LogP contribution in [0.1, 0.15) is 24.0 Å². The molecule has 1 atom stereocenters. The Bertz CT molecular complexity index is 481. The number of nitrogens with zero attached hydrogens (tertiary/aromatic N) is 1. The second-order valence-corrected chi connectivity index (χ2v) is 5.16. The molecule has 106 valence electrons. The van der Waals surface area contributed by atoms with Gasteiger partial charge in [0, 0.05) is 25.6 Å². The van der Waals surface area contributed by atoms with E-state index in [0.717, 1.165) is 19.6 Å². The molecule has 2 nitrogen and oxygen atoms in total. The average Bonchev–Trinajstić information content (AvgIpc) is 2.53. The van der Waals surface area contributed by atoms with Crippen LogP contribution in [0.5, 0.6) is 0 Å². The van der Waals surface area contributed by atoms with Crippen LogP contribution in [0.2, 0.25) is 0 Å². The van der Waals surface area contributed by atoms with Crippen LogP contribution in [0.4, 0.5) is 0 Å². The van der Waals surface area contributed by atoms with E-state index in [9.17, 15) is 0 Å². The molecule has 2 rings (SSSR count). The van der Waals surface area contributed by atoms with E-state index in [1.807, 2.05) is 0 Å². The molecule has 0 radical (unpaired) electrons. The number of hydrogen-bond acceptors (Lipinski definition) is 2. The van der Waals surface area contributed by atoms with Crippen molar-refractivity contribution < 1.29 is 0 Å². The van der Waals surface area contributed by atoms with Gasteiger partial charge >= 0.3 is 0 Å². The molecule has 0 aliphatic rings. The first kappa shape index (κ1) is 14.8. The number of rotatable bonds is 7. The Labute approximate surface area is 122 Å². The summed E-state index contributed by atoms with van der Waals surface area (Å²) in [6.45, 7) is 5.93. The van der Waals surface area contributed by atoms with Crippen LogP contribution in [-0.2, 0) is 6.54 Å². The van der Waals surface area contributed by atoms with E-state index in [-0.39, 0.29) is 0 Å². The Hall–Kier alpha value is -1.64. The van der Waals surface area contributed by atoms with Gasteiger partial charge in [0.15, 0.2) is 0 Å². The summed E-state index contributed by atoms with van der Waals surface area (Å²) in [6.07, 6.45) is 0. The van der Waals surface area contributed by atoms with Gasteiger partial charge in [-0.05, 0) is 17.7 Å². The van der Waals surface area contributed by atoms with Crippen molar-refractivity contribution in [2.75, 3.05) is 19.6 Å². The lowest BCUT2D eigenvalue weighted by Crippen LogP contribution is -2.31. The third-order valence-corrected chi connectivity index (χ3v) is 3.73. The quantitative estimate of drug-likeness (QED) is 0.835. The SMILES string of the molecule is CCN(Cc1ccccc1)CC(CN)c1ccccc1. The number of benzene rings is 2. The first-order valence-electron chi connectivity index (χ1n) is 7.34. The summed E-state index contributed by atoms with van der Waals surface area (Å²) in [5.41, 5.74) is 8.67. The first-order valence-corrected chi connectivity index (χ1v) is 7.34. The topological polar surface area (TPSA) is 29.3 Å². The van der Waals surface area contributed by atoms with Crippen molar-refractivity contribution in [3.05, 3.63) is 71.8 Å². The molecule has 2 heteroatoms. The van der Waals surface area contributed by atoms with E-state index < -0.39 is 0 Å². The standard InChI is InChI=1S/C18H24N2/c1-2-20(14-16-9-5-3-6-10-16)15-18(13-19)17-11-7-4-8-12-17/h3-12,18H,2,13-15,19H2,1H3. The van der Waals surface area contributed by atoms with Crippen molar-refractivity contribution in [1.29, 1.82) is 0 Å². The molecule has 0 fully saturated rings. The Balaban J connectivity index is 2.01. The van der Waals surface area contributed by atoms with Crippen LogP contribution < -0.4 is 5.73 Å². The molecular weight excluding hydrogens is 244 g/mol. The Morgan fingerprint density at radius 2 is 1.55 bits per heavy atom. The van der Waals surface area contributed by atoms with E-state index in [4.69, 9.17) is 5.73 Å². The van der Waals surface area contributed by atoms with Gasteiger partial charge in [0.1, 0.15) is 0 Å². The van der Waals surface area contributed by atoms with Gasteiger partial charge in [-0.3, -0.25) is 4.90 Å². The third-order valence-electron chi connectivity index (χ3n) is 3.73. The predicted molar refractivity (Wildman–Crippen MR) is 85.6 cm³/mol. The zero-order chi connectivity index (χ0) is 14.2. The van der Waals surface area contributed by atoms with Gasteiger partial charge in [0.2, 0.25) is 0 Å². The largest absolute Gasteiger partial charge is 0.330 e. The molecule has 2 N–H and O–H groups in total. The highest BCUT2D eigenvalue weighted by Crippen LogP contribution is 2.17. The molecular formula is C18H24N2. The summed E-state index contributed by atoms with van der Waals surface area (Å²) in [6, 6.07) is 21.2. The number of likely N-dealkylation sites (N-methyl/N-ethyl adjacent to an activating group) is 1. The first-order chi connectivity index (χ1) is 9.83. The van der Waals surface area contributed by atoms with Crippen LogP contribution in [0.15, 0.2) is 60.7 Å². The van der Waals surface area contributed by atoms with Gasteiger partial charge in [0.25, 0.3) is 0 Å². The Morgan fingerprint density at radius 1 is 0.950 bits per heavy atom. The van der Waals surface area contributed by atoms with E-state index in [2.05, 4.69) is 72.5 Å². The molecule has 2 aromatic carbocycles. The minimum atomic E-state index is 0.403. The molecule has 0 heterocycles. The molecule has 0 amide bonds. The number of hydrogen-bond donors (Lipinski definition) is 1. The van der Waals surface area contributed by atoms with Crippen LogP contribution in [0.25, 0.3) is 0 Å². The van der Waals surface area contributed by atoms with Gasteiger partial charge in [0.05, 0.1) is 0 Å². The fraction of sp³-hybridized carbons (Fsp3) is 0.333. The molecule has 1 unspecified atom stereocenters.